The zero-order valence-electron chi connectivity index (χ0n) is 14.2. The van der Waals surface area contributed by atoms with Gasteiger partial charge in [0, 0.05) is 25.7 Å². The molecule has 1 aliphatic rings. The third-order valence-electron chi connectivity index (χ3n) is 4.24. The minimum Gasteiger partial charge on any atom is -0.379 e. The van der Waals surface area contributed by atoms with Crippen molar-refractivity contribution in [3.05, 3.63) is 63.6 Å². The topological polar surface area (TPSA) is 87.3 Å². The number of hydrogen-bond acceptors (Lipinski definition) is 5. The van der Waals surface area contributed by atoms with Crippen LogP contribution in [0.15, 0.2) is 41.2 Å². The smallest absolute Gasteiger partial charge is 0.272 e. The molecule has 0 aliphatic carbocycles. The van der Waals surface area contributed by atoms with Crippen molar-refractivity contribution in [1.29, 1.82) is 0 Å². The normalized spacial score (nSPS) is 16.4. The number of nitrogens with zero attached hydrogens (tertiary/aromatic N) is 2. The van der Waals surface area contributed by atoms with Crippen LogP contribution in [0.25, 0.3) is 0 Å². The van der Waals surface area contributed by atoms with Gasteiger partial charge >= 0.3 is 0 Å². The number of amides is 1. The van der Waals surface area contributed by atoms with Gasteiger partial charge in [0.25, 0.3) is 11.5 Å². The Kier molecular flexibility index (Phi) is 5.57. The second-order valence-corrected chi connectivity index (χ2v) is 6.16. The molecule has 2 aromatic rings. The third kappa shape index (κ3) is 4.74. The summed E-state index contributed by atoms with van der Waals surface area (Å²) < 4.78 is 5.39. The second-order valence-electron chi connectivity index (χ2n) is 6.16. The number of aromatic nitrogens is 2. The first kappa shape index (κ1) is 17.3. The molecule has 3 rings (SSSR count). The lowest BCUT2D eigenvalue weighted by atomic mass is 10.0. The zero-order valence-corrected chi connectivity index (χ0v) is 14.2. The van der Waals surface area contributed by atoms with Gasteiger partial charge in [0.1, 0.15) is 5.69 Å². The summed E-state index contributed by atoms with van der Waals surface area (Å²) in [5.41, 5.74) is 2.07. The highest BCUT2D eigenvalue weighted by atomic mass is 16.5. The van der Waals surface area contributed by atoms with Crippen LogP contribution in [0.3, 0.4) is 0 Å². The number of H-pyrrole nitrogens is 1. The Labute approximate surface area is 146 Å². The summed E-state index contributed by atoms with van der Waals surface area (Å²) in [4.78, 5) is 25.9. The minimum absolute atomic E-state index is 0.167. The van der Waals surface area contributed by atoms with E-state index in [1.165, 1.54) is 17.7 Å². The van der Waals surface area contributed by atoms with Crippen molar-refractivity contribution in [2.75, 3.05) is 32.8 Å². The van der Waals surface area contributed by atoms with E-state index in [1.54, 1.807) is 0 Å². The molecule has 1 fully saturated rings. The van der Waals surface area contributed by atoms with E-state index < -0.39 is 0 Å². The van der Waals surface area contributed by atoms with Gasteiger partial charge in [0.05, 0.1) is 19.3 Å². The average molecular weight is 342 g/mol. The number of carbonyl (C=O) groups excluding carboxylic acids is 1. The molecule has 1 amide bonds. The number of carbonyl (C=O) groups is 1. The van der Waals surface area contributed by atoms with Crippen LogP contribution in [-0.2, 0) is 4.74 Å². The van der Waals surface area contributed by atoms with E-state index in [0.717, 1.165) is 18.7 Å². The van der Waals surface area contributed by atoms with Gasteiger partial charge in [-0.15, -0.1) is 0 Å². The van der Waals surface area contributed by atoms with Crippen LogP contribution in [0.2, 0.25) is 0 Å². The fourth-order valence-electron chi connectivity index (χ4n) is 2.78. The highest BCUT2D eigenvalue weighted by molar-refractivity contribution is 5.92. The fourth-order valence-corrected chi connectivity index (χ4v) is 2.78. The highest BCUT2D eigenvalue weighted by Crippen LogP contribution is 2.17. The Bertz CT molecular complexity index is 746. The third-order valence-corrected chi connectivity index (χ3v) is 4.24. The number of morpholine rings is 1. The molecule has 0 radical (unpaired) electrons. The molecule has 7 heteroatoms. The van der Waals surface area contributed by atoms with Crippen LogP contribution >= 0.6 is 0 Å². The molecular formula is C18H22N4O3. The molecule has 1 aliphatic heterocycles. The molecular weight excluding hydrogens is 320 g/mol. The van der Waals surface area contributed by atoms with E-state index >= 15 is 0 Å². The maximum atomic E-state index is 12.5. The highest BCUT2D eigenvalue weighted by Gasteiger charge is 2.21. The largest absolute Gasteiger partial charge is 0.379 e. The number of ether oxygens (including phenoxy) is 1. The first-order chi connectivity index (χ1) is 12.1. The van der Waals surface area contributed by atoms with Gasteiger partial charge in [-0.2, -0.15) is 5.10 Å². The number of benzene rings is 1. The average Bonchev–Trinajstić information content (AvgIpc) is 2.63. The van der Waals surface area contributed by atoms with Crippen LogP contribution in [-0.4, -0.2) is 53.9 Å². The van der Waals surface area contributed by atoms with E-state index in [0.29, 0.717) is 19.8 Å². The molecule has 2 heterocycles. The molecule has 1 atom stereocenters. The first-order valence-corrected chi connectivity index (χ1v) is 8.35. The zero-order chi connectivity index (χ0) is 17.6. The Hall–Kier alpha value is -2.51. The van der Waals surface area contributed by atoms with Crippen molar-refractivity contribution in [2.24, 2.45) is 0 Å². The summed E-state index contributed by atoms with van der Waals surface area (Å²) in [6.45, 7) is 5.82. The van der Waals surface area contributed by atoms with Gasteiger partial charge in [-0.3, -0.25) is 14.5 Å². The maximum absolute atomic E-state index is 12.5. The van der Waals surface area contributed by atoms with Gasteiger partial charge in [0.15, 0.2) is 0 Å². The van der Waals surface area contributed by atoms with Gasteiger partial charge in [-0.1, -0.05) is 29.8 Å². The van der Waals surface area contributed by atoms with Gasteiger partial charge in [-0.05, 0) is 18.6 Å². The van der Waals surface area contributed by atoms with Gasteiger partial charge in [-0.25, -0.2) is 5.10 Å². The van der Waals surface area contributed by atoms with Crippen molar-refractivity contribution in [2.45, 2.75) is 13.0 Å². The van der Waals surface area contributed by atoms with E-state index in [9.17, 15) is 9.59 Å². The van der Waals surface area contributed by atoms with Crippen LogP contribution in [0.1, 0.15) is 27.7 Å². The predicted molar refractivity (Wildman–Crippen MR) is 93.5 cm³/mol. The summed E-state index contributed by atoms with van der Waals surface area (Å²) in [7, 11) is 0. The lowest BCUT2D eigenvalue weighted by molar-refractivity contribution is 0.0332. The van der Waals surface area contributed by atoms with E-state index in [2.05, 4.69) is 20.4 Å². The lowest BCUT2D eigenvalue weighted by Crippen LogP contribution is -2.43. The molecule has 25 heavy (non-hydrogen) atoms. The first-order valence-electron chi connectivity index (χ1n) is 8.35. The number of aryl methyl sites for hydroxylation is 1. The van der Waals surface area contributed by atoms with E-state index in [-0.39, 0.29) is 23.2 Å². The Balaban J connectivity index is 1.77. The molecule has 1 aromatic carbocycles. The van der Waals surface area contributed by atoms with Gasteiger partial charge in [0.2, 0.25) is 0 Å². The molecule has 7 nitrogen and oxygen atoms in total. The molecule has 1 aromatic heterocycles. The Morgan fingerprint density at radius 2 is 1.96 bits per heavy atom. The minimum atomic E-state index is -0.333. The second kappa shape index (κ2) is 8.04. The van der Waals surface area contributed by atoms with E-state index in [1.807, 2.05) is 31.2 Å². The van der Waals surface area contributed by atoms with Crippen molar-refractivity contribution in [1.82, 2.24) is 20.4 Å². The van der Waals surface area contributed by atoms with Gasteiger partial charge < -0.3 is 10.1 Å². The quantitative estimate of drug-likeness (QED) is 0.842. The van der Waals surface area contributed by atoms with Crippen molar-refractivity contribution < 1.29 is 9.53 Å². The summed E-state index contributed by atoms with van der Waals surface area (Å²) in [6.07, 6.45) is 0. The van der Waals surface area contributed by atoms with Crippen molar-refractivity contribution in [3.63, 3.8) is 0 Å². The molecule has 132 valence electrons. The molecule has 0 saturated carbocycles. The summed E-state index contributed by atoms with van der Waals surface area (Å²) in [5, 5.41) is 9.12. The lowest BCUT2D eigenvalue weighted by Gasteiger charge is -2.31. The molecule has 0 bridgehead atoms. The molecule has 0 spiro atoms. The van der Waals surface area contributed by atoms with Crippen LogP contribution < -0.4 is 10.9 Å². The number of nitrogens with one attached hydrogen (secondary N) is 2. The Morgan fingerprint density at radius 3 is 2.60 bits per heavy atom. The standard InChI is InChI=1S/C18H22N4O3/c1-13-2-4-14(5-3-13)16(12-22-8-10-25-11-9-22)19-18(24)15-6-7-17(23)21-20-15/h2-7,16H,8-12H2,1H3,(H,19,24)(H,21,23). The fraction of sp³-hybridized carbons (Fsp3) is 0.389. The summed E-state index contributed by atoms with van der Waals surface area (Å²) in [6, 6.07) is 10.7. The number of aromatic amines is 1. The molecule has 1 unspecified atom stereocenters. The van der Waals surface area contributed by atoms with Crippen LogP contribution in [0.5, 0.6) is 0 Å². The molecule has 2 N–H and O–H groups in total. The number of rotatable bonds is 5. The Morgan fingerprint density at radius 1 is 1.24 bits per heavy atom. The predicted octanol–water partition coefficient (Wildman–Crippen LogP) is 0.882. The SMILES string of the molecule is Cc1ccc(C(CN2CCOCC2)NC(=O)c2ccc(=O)[nH]n2)cc1. The number of hydrogen-bond donors (Lipinski definition) is 2. The van der Waals surface area contributed by atoms with Crippen LogP contribution in [0.4, 0.5) is 0 Å². The monoisotopic (exact) mass is 342 g/mol. The summed E-state index contributed by atoms with van der Waals surface area (Å²) in [5.74, 6) is -0.310. The van der Waals surface area contributed by atoms with E-state index in [4.69, 9.17) is 4.74 Å². The van der Waals surface area contributed by atoms with Crippen molar-refractivity contribution in [3.8, 4) is 0 Å². The van der Waals surface area contributed by atoms with Crippen LogP contribution in [0, 0.1) is 6.92 Å². The maximum Gasteiger partial charge on any atom is 0.272 e. The molecule has 1 saturated heterocycles. The summed E-state index contributed by atoms with van der Waals surface area (Å²) >= 11 is 0. The van der Waals surface area contributed by atoms with Crippen molar-refractivity contribution >= 4 is 5.91 Å².